The predicted molar refractivity (Wildman–Crippen MR) is 44.8 cm³/mol. The van der Waals surface area contributed by atoms with Crippen molar-refractivity contribution in [3.63, 3.8) is 0 Å². The number of carbonyl (C=O) groups is 1. The topological polar surface area (TPSA) is 78.8 Å². The lowest BCUT2D eigenvalue weighted by atomic mass is 10.0. The number of aliphatic hydroxyl groups is 2. The molecule has 1 amide bonds. The molecule has 1 aliphatic rings. The summed E-state index contributed by atoms with van der Waals surface area (Å²) >= 11 is 0. The van der Waals surface area contributed by atoms with Gasteiger partial charge in [-0.2, -0.15) is 0 Å². The molecule has 0 saturated carbocycles. The highest BCUT2D eigenvalue weighted by Gasteiger charge is 2.34. The minimum atomic E-state index is -1.03. The average Bonchev–Trinajstić information content (AvgIpc) is 1.99. The Hall–Kier alpha value is -0.650. The molecule has 76 valence electrons. The fourth-order valence-electron chi connectivity index (χ4n) is 1.36. The summed E-state index contributed by atoms with van der Waals surface area (Å²) in [6.45, 7) is 3.04. The second-order valence-electron chi connectivity index (χ2n) is 3.34. The van der Waals surface area contributed by atoms with E-state index in [9.17, 15) is 15.0 Å². The van der Waals surface area contributed by atoms with Gasteiger partial charge in [-0.25, -0.2) is 0 Å². The normalized spacial score (nSPS) is 40.0. The summed E-state index contributed by atoms with van der Waals surface area (Å²) in [6, 6.07) is -0.510. The molecule has 1 aliphatic heterocycles. The van der Waals surface area contributed by atoms with Crippen LogP contribution in [-0.2, 0) is 9.53 Å². The number of ether oxygens (including phenoxy) is 1. The summed E-state index contributed by atoms with van der Waals surface area (Å²) in [4.78, 5) is 10.7. The molecule has 0 bridgehead atoms. The van der Waals surface area contributed by atoms with Gasteiger partial charge in [0.15, 0.2) is 6.29 Å². The molecule has 0 aromatic carbocycles. The van der Waals surface area contributed by atoms with Crippen molar-refractivity contribution in [1.82, 2.24) is 5.32 Å². The smallest absolute Gasteiger partial charge is 0.217 e. The molecule has 0 aromatic rings. The van der Waals surface area contributed by atoms with E-state index >= 15 is 0 Å². The maximum Gasteiger partial charge on any atom is 0.217 e. The molecule has 0 aliphatic carbocycles. The van der Waals surface area contributed by atoms with E-state index in [2.05, 4.69) is 5.32 Å². The van der Waals surface area contributed by atoms with E-state index in [1.165, 1.54) is 6.92 Å². The molecule has 1 heterocycles. The van der Waals surface area contributed by atoms with Crippen LogP contribution in [0.1, 0.15) is 20.3 Å². The Morgan fingerprint density at radius 1 is 1.54 bits per heavy atom. The Balaban J connectivity index is 2.51. The zero-order chi connectivity index (χ0) is 10.0. The Kier molecular flexibility index (Phi) is 3.24. The average molecular weight is 189 g/mol. The Bertz CT molecular complexity index is 197. The van der Waals surface area contributed by atoms with Gasteiger partial charge in [-0.05, 0) is 6.92 Å². The first-order chi connectivity index (χ1) is 6.00. The molecule has 0 radical (unpaired) electrons. The van der Waals surface area contributed by atoms with Gasteiger partial charge in [0.25, 0.3) is 0 Å². The van der Waals surface area contributed by atoms with E-state index in [0.717, 1.165) is 0 Å². The van der Waals surface area contributed by atoms with Crippen LogP contribution in [-0.4, -0.2) is 40.7 Å². The molecular formula is C8H15NO4. The third-order valence-electron chi connectivity index (χ3n) is 2.12. The van der Waals surface area contributed by atoms with Crippen molar-refractivity contribution < 1.29 is 19.7 Å². The molecule has 5 heteroatoms. The van der Waals surface area contributed by atoms with Crippen molar-refractivity contribution >= 4 is 5.91 Å². The zero-order valence-electron chi connectivity index (χ0n) is 7.73. The van der Waals surface area contributed by atoms with Gasteiger partial charge in [0.2, 0.25) is 5.91 Å². The zero-order valence-corrected chi connectivity index (χ0v) is 7.73. The summed E-state index contributed by atoms with van der Waals surface area (Å²) in [5.41, 5.74) is 0. The van der Waals surface area contributed by atoms with Crippen LogP contribution in [0, 0.1) is 0 Å². The fourth-order valence-corrected chi connectivity index (χ4v) is 1.36. The number of rotatable bonds is 1. The summed E-state index contributed by atoms with van der Waals surface area (Å²) in [7, 11) is 0. The van der Waals surface area contributed by atoms with Crippen LogP contribution >= 0.6 is 0 Å². The third-order valence-corrected chi connectivity index (χ3v) is 2.12. The first-order valence-electron chi connectivity index (χ1n) is 4.29. The number of nitrogens with one attached hydrogen (secondary N) is 1. The van der Waals surface area contributed by atoms with Crippen LogP contribution in [0.25, 0.3) is 0 Å². The molecule has 0 aromatic heterocycles. The molecule has 3 N–H and O–H groups in total. The monoisotopic (exact) mass is 189 g/mol. The van der Waals surface area contributed by atoms with Crippen molar-refractivity contribution in [2.24, 2.45) is 0 Å². The van der Waals surface area contributed by atoms with Crippen LogP contribution in [0.3, 0.4) is 0 Å². The van der Waals surface area contributed by atoms with E-state index in [-0.39, 0.29) is 12.0 Å². The van der Waals surface area contributed by atoms with Gasteiger partial charge in [0, 0.05) is 13.3 Å². The minimum absolute atomic E-state index is 0.241. The summed E-state index contributed by atoms with van der Waals surface area (Å²) in [5.74, 6) is -0.241. The van der Waals surface area contributed by atoms with Gasteiger partial charge in [0.05, 0.1) is 18.2 Å². The first kappa shape index (κ1) is 10.4. The predicted octanol–water partition coefficient (Wildman–Crippen LogP) is -1.02. The van der Waals surface area contributed by atoms with E-state index in [4.69, 9.17) is 4.74 Å². The Morgan fingerprint density at radius 2 is 2.15 bits per heavy atom. The Labute approximate surface area is 76.7 Å². The van der Waals surface area contributed by atoms with Gasteiger partial charge in [-0.3, -0.25) is 4.79 Å². The molecule has 5 nitrogen and oxygen atoms in total. The maximum absolute atomic E-state index is 10.7. The van der Waals surface area contributed by atoms with Gasteiger partial charge < -0.3 is 20.3 Å². The fraction of sp³-hybridized carbons (Fsp3) is 0.875. The number of amides is 1. The minimum Gasteiger partial charge on any atom is -0.390 e. The molecule has 4 atom stereocenters. The van der Waals surface area contributed by atoms with Crippen molar-refractivity contribution in [3.8, 4) is 0 Å². The van der Waals surface area contributed by atoms with Crippen LogP contribution in [0.4, 0.5) is 0 Å². The maximum atomic E-state index is 10.7. The van der Waals surface area contributed by atoms with Crippen LogP contribution < -0.4 is 5.32 Å². The molecule has 1 rings (SSSR count). The van der Waals surface area contributed by atoms with E-state index in [1.807, 2.05) is 0 Å². The quantitative estimate of drug-likeness (QED) is 0.493. The van der Waals surface area contributed by atoms with Crippen molar-refractivity contribution in [3.05, 3.63) is 0 Å². The number of carbonyl (C=O) groups excluding carboxylic acids is 1. The summed E-state index contributed by atoms with van der Waals surface area (Å²) in [5, 5.41) is 21.3. The van der Waals surface area contributed by atoms with Crippen molar-refractivity contribution in [1.29, 1.82) is 0 Å². The number of hydrogen-bond acceptors (Lipinski definition) is 4. The lowest BCUT2D eigenvalue weighted by Gasteiger charge is -2.35. The molecular weight excluding hydrogens is 174 g/mol. The second-order valence-corrected chi connectivity index (χ2v) is 3.34. The summed E-state index contributed by atoms with van der Waals surface area (Å²) in [6.07, 6.45) is -1.73. The van der Waals surface area contributed by atoms with Gasteiger partial charge in [0.1, 0.15) is 0 Å². The van der Waals surface area contributed by atoms with E-state index < -0.39 is 18.4 Å². The van der Waals surface area contributed by atoms with Crippen LogP contribution in [0.5, 0.6) is 0 Å². The van der Waals surface area contributed by atoms with Crippen LogP contribution in [0.15, 0.2) is 0 Å². The van der Waals surface area contributed by atoms with Crippen molar-refractivity contribution in [2.45, 2.75) is 44.8 Å². The highest BCUT2D eigenvalue weighted by atomic mass is 16.6. The molecule has 1 saturated heterocycles. The van der Waals surface area contributed by atoms with Crippen LogP contribution in [0.2, 0.25) is 0 Å². The summed E-state index contributed by atoms with van der Waals surface area (Å²) < 4.78 is 5.00. The third kappa shape index (κ3) is 2.65. The number of hydrogen-bond donors (Lipinski definition) is 3. The lowest BCUT2D eigenvalue weighted by Crippen LogP contribution is -2.53. The van der Waals surface area contributed by atoms with Gasteiger partial charge in [-0.15, -0.1) is 0 Å². The van der Waals surface area contributed by atoms with Crippen molar-refractivity contribution in [2.75, 3.05) is 0 Å². The molecule has 13 heavy (non-hydrogen) atoms. The largest absolute Gasteiger partial charge is 0.390 e. The second kappa shape index (κ2) is 4.04. The van der Waals surface area contributed by atoms with E-state index in [1.54, 1.807) is 6.92 Å². The highest BCUT2D eigenvalue weighted by Crippen LogP contribution is 2.18. The van der Waals surface area contributed by atoms with Gasteiger partial charge in [-0.1, -0.05) is 0 Å². The SMILES string of the molecule is CC(=O)NC1CC(O)C(C)OC1O. The Morgan fingerprint density at radius 3 is 2.69 bits per heavy atom. The lowest BCUT2D eigenvalue weighted by molar-refractivity contribution is -0.207. The standard InChI is InChI=1S/C8H15NO4/c1-4-7(11)3-6(8(12)13-4)9-5(2)10/h4,6-8,11-12H,3H2,1-2H3,(H,9,10). The molecule has 0 spiro atoms. The number of aliphatic hydroxyl groups excluding tert-OH is 2. The highest BCUT2D eigenvalue weighted by molar-refractivity contribution is 5.73. The molecule has 4 unspecified atom stereocenters. The molecule has 1 fully saturated rings. The van der Waals surface area contributed by atoms with E-state index in [0.29, 0.717) is 6.42 Å². The van der Waals surface area contributed by atoms with Gasteiger partial charge >= 0.3 is 0 Å². The first-order valence-corrected chi connectivity index (χ1v) is 4.29.